The van der Waals surface area contributed by atoms with Crippen LogP contribution in [0, 0.1) is 6.92 Å². The Labute approximate surface area is 131 Å². The predicted molar refractivity (Wildman–Crippen MR) is 87.8 cm³/mol. The number of hydrogen-bond donors (Lipinski definition) is 2. The standard InChI is InChI=1S/C13H19IN4O2/c1-9-7-11(19)10(8-15-13(14)20)12(16-9)18-5-3-17(2)4-6-18/h7H,3-6,8H2,1-2H3,(H,15,20)(H,16,19). The van der Waals surface area contributed by atoms with Crippen molar-refractivity contribution in [3.8, 4) is 0 Å². The SMILES string of the molecule is Cc1cc(=O)c(CNC(=O)I)c(N2CCN(C)CC2)[nH]1. The van der Waals surface area contributed by atoms with Gasteiger partial charge in [-0.1, -0.05) is 0 Å². The number of carbonyl (C=O) groups excluding carboxylic acids is 1. The molecule has 0 atom stereocenters. The van der Waals surface area contributed by atoms with Crippen molar-refractivity contribution >= 4 is 32.3 Å². The molecule has 2 N–H and O–H groups in total. The lowest BCUT2D eigenvalue weighted by Gasteiger charge is -2.34. The predicted octanol–water partition coefficient (Wildman–Crippen LogP) is 1.08. The smallest absolute Gasteiger partial charge is 0.280 e. The number of rotatable bonds is 3. The van der Waals surface area contributed by atoms with Gasteiger partial charge in [-0.15, -0.1) is 0 Å². The lowest BCUT2D eigenvalue weighted by molar-refractivity contribution is 0.262. The summed E-state index contributed by atoms with van der Waals surface area (Å²) in [6, 6.07) is 1.58. The van der Waals surface area contributed by atoms with E-state index in [0.29, 0.717) is 5.56 Å². The number of H-pyrrole nitrogens is 1. The third kappa shape index (κ3) is 3.72. The van der Waals surface area contributed by atoms with E-state index in [-0.39, 0.29) is 15.9 Å². The second-order valence-corrected chi connectivity index (χ2v) is 6.04. The van der Waals surface area contributed by atoms with E-state index in [9.17, 15) is 9.59 Å². The van der Waals surface area contributed by atoms with Crippen LogP contribution in [0.25, 0.3) is 0 Å². The molecule has 110 valence electrons. The van der Waals surface area contributed by atoms with Gasteiger partial charge in [-0.2, -0.15) is 0 Å². The summed E-state index contributed by atoms with van der Waals surface area (Å²) in [4.78, 5) is 31.0. The number of amides is 1. The molecule has 1 aromatic rings. The van der Waals surface area contributed by atoms with Crippen LogP contribution in [0.3, 0.4) is 0 Å². The monoisotopic (exact) mass is 390 g/mol. The summed E-state index contributed by atoms with van der Waals surface area (Å²) in [5.41, 5.74) is 1.44. The van der Waals surface area contributed by atoms with Gasteiger partial charge < -0.3 is 20.1 Å². The largest absolute Gasteiger partial charge is 0.355 e. The first-order valence-electron chi connectivity index (χ1n) is 6.57. The maximum Gasteiger partial charge on any atom is 0.280 e. The zero-order valence-electron chi connectivity index (χ0n) is 11.7. The van der Waals surface area contributed by atoms with E-state index in [1.54, 1.807) is 28.7 Å². The normalized spacial score (nSPS) is 16.2. The summed E-state index contributed by atoms with van der Waals surface area (Å²) >= 11 is 1.67. The molecule has 1 saturated heterocycles. The molecule has 0 unspecified atom stereocenters. The van der Waals surface area contributed by atoms with Gasteiger partial charge in [0.2, 0.25) is 0 Å². The van der Waals surface area contributed by atoms with Crippen LogP contribution in [0.15, 0.2) is 10.9 Å². The van der Waals surface area contributed by atoms with Gasteiger partial charge in [0.15, 0.2) is 5.43 Å². The summed E-state index contributed by atoms with van der Waals surface area (Å²) in [6.45, 7) is 5.82. The second-order valence-electron chi connectivity index (χ2n) is 5.06. The number of hydrogen-bond acceptors (Lipinski definition) is 4. The van der Waals surface area contributed by atoms with Crippen LogP contribution in [0.4, 0.5) is 10.6 Å². The van der Waals surface area contributed by atoms with Crippen molar-refractivity contribution in [2.45, 2.75) is 13.5 Å². The Morgan fingerprint density at radius 2 is 2.05 bits per heavy atom. The third-order valence-corrected chi connectivity index (χ3v) is 3.85. The number of aryl methyl sites for hydroxylation is 1. The number of nitrogens with zero attached hydrogens (tertiary/aromatic N) is 2. The van der Waals surface area contributed by atoms with Crippen molar-refractivity contribution in [3.05, 3.63) is 27.5 Å². The first-order valence-corrected chi connectivity index (χ1v) is 7.65. The molecule has 20 heavy (non-hydrogen) atoms. The minimum absolute atomic E-state index is 0.0275. The lowest BCUT2D eigenvalue weighted by Crippen LogP contribution is -2.46. The van der Waals surface area contributed by atoms with E-state index in [4.69, 9.17) is 0 Å². The Kier molecular flexibility index (Phi) is 5.03. The van der Waals surface area contributed by atoms with Gasteiger partial charge in [0.05, 0.1) is 12.1 Å². The maximum atomic E-state index is 12.2. The first-order chi connectivity index (χ1) is 9.47. The van der Waals surface area contributed by atoms with E-state index in [2.05, 4.69) is 27.1 Å². The fourth-order valence-electron chi connectivity index (χ4n) is 2.33. The van der Waals surface area contributed by atoms with Crippen molar-refractivity contribution in [3.63, 3.8) is 0 Å². The number of anilines is 1. The number of carbonyl (C=O) groups is 1. The second kappa shape index (κ2) is 6.57. The van der Waals surface area contributed by atoms with Gasteiger partial charge in [-0.25, -0.2) is 0 Å². The zero-order chi connectivity index (χ0) is 14.7. The molecule has 1 amide bonds. The molecule has 1 aliphatic heterocycles. The van der Waals surface area contributed by atoms with E-state index in [1.807, 2.05) is 6.92 Å². The molecule has 1 fully saturated rings. The van der Waals surface area contributed by atoms with Gasteiger partial charge in [-0.05, 0) is 14.0 Å². The number of piperazine rings is 1. The number of aromatic nitrogens is 1. The molecule has 6 nitrogen and oxygen atoms in total. The average Bonchev–Trinajstić information content (AvgIpc) is 2.37. The highest BCUT2D eigenvalue weighted by Gasteiger charge is 2.19. The fourth-order valence-corrected chi connectivity index (χ4v) is 2.52. The highest BCUT2D eigenvalue weighted by Crippen LogP contribution is 2.17. The van der Waals surface area contributed by atoms with E-state index < -0.39 is 0 Å². The van der Waals surface area contributed by atoms with E-state index in [1.165, 1.54) is 0 Å². The number of halogens is 1. The van der Waals surface area contributed by atoms with Crippen molar-refractivity contribution in [1.82, 2.24) is 15.2 Å². The van der Waals surface area contributed by atoms with E-state index >= 15 is 0 Å². The third-order valence-electron chi connectivity index (χ3n) is 3.47. The van der Waals surface area contributed by atoms with Crippen LogP contribution >= 0.6 is 22.6 Å². The topological polar surface area (TPSA) is 68.4 Å². The molecule has 0 aliphatic carbocycles. The summed E-state index contributed by atoms with van der Waals surface area (Å²) in [7, 11) is 2.09. The molecule has 1 aliphatic rings. The zero-order valence-corrected chi connectivity index (χ0v) is 13.9. The van der Waals surface area contributed by atoms with Gasteiger partial charge >= 0.3 is 0 Å². The molecule has 1 aromatic heterocycles. The Hall–Kier alpha value is -1.09. The summed E-state index contributed by atoms with van der Waals surface area (Å²) in [5, 5.41) is 2.70. The highest BCUT2D eigenvalue weighted by molar-refractivity contribution is 14.1. The summed E-state index contributed by atoms with van der Waals surface area (Å²) in [5.74, 6) is 0.841. The van der Waals surface area contributed by atoms with Crippen LogP contribution in [-0.4, -0.2) is 47.0 Å². The van der Waals surface area contributed by atoms with Gasteiger partial charge in [0, 0.05) is 60.5 Å². The Morgan fingerprint density at radius 3 is 2.65 bits per heavy atom. The van der Waals surface area contributed by atoms with Gasteiger partial charge in [0.1, 0.15) is 5.82 Å². The molecular weight excluding hydrogens is 371 g/mol. The molecule has 0 bridgehead atoms. The van der Waals surface area contributed by atoms with Crippen molar-refractivity contribution in [1.29, 1.82) is 0 Å². The van der Waals surface area contributed by atoms with Crippen LogP contribution in [0.2, 0.25) is 0 Å². The van der Waals surface area contributed by atoms with Crippen LogP contribution in [-0.2, 0) is 6.54 Å². The fraction of sp³-hybridized carbons (Fsp3) is 0.538. The highest BCUT2D eigenvalue weighted by atomic mass is 127. The molecule has 2 heterocycles. The Morgan fingerprint density at radius 1 is 1.40 bits per heavy atom. The molecule has 7 heteroatoms. The number of aromatic amines is 1. The summed E-state index contributed by atoms with van der Waals surface area (Å²) < 4.78 is -0.160. The van der Waals surface area contributed by atoms with E-state index in [0.717, 1.165) is 37.7 Å². The molecule has 2 rings (SSSR count). The quantitative estimate of drug-likeness (QED) is 0.461. The minimum Gasteiger partial charge on any atom is -0.355 e. The molecule has 0 spiro atoms. The minimum atomic E-state index is -0.160. The lowest BCUT2D eigenvalue weighted by atomic mass is 10.2. The molecular formula is C13H19IN4O2. The van der Waals surface area contributed by atoms with Gasteiger partial charge in [0.25, 0.3) is 3.91 Å². The van der Waals surface area contributed by atoms with Crippen LogP contribution in [0.1, 0.15) is 11.3 Å². The molecule has 0 radical (unpaired) electrons. The molecule has 0 saturated carbocycles. The maximum absolute atomic E-state index is 12.2. The van der Waals surface area contributed by atoms with Crippen molar-refractivity contribution in [2.24, 2.45) is 0 Å². The van der Waals surface area contributed by atoms with Crippen molar-refractivity contribution in [2.75, 3.05) is 38.1 Å². The Balaban J connectivity index is 2.29. The summed E-state index contributed by atoms with van der Waals surface area (Å²) in [6.07, 6.45) is 0. The molecule has 0 aromatic carbocycles. The Bertz CT molecular complexity index is 550. The van der Waals surface area contributed by atoms with Gasteiger partial charge in [-0.3, -0.25) is 9.59 Å². The first kappa shape index (κ1) is 15.3. The van der Waals surface area contributed by atoms with Crippen molar-refractivity contribution < 1.29 is 4.79 Å². The number of pyridine rings is 1. The van der Waals surface area contributed by atoms with Crippen LogP contribution < -0.4 is 15.6 Å². The average molecular weight is 390 g/mol. The number of likely N-dealkylation sites (N-methyl/N-ethyl adjacent to an activating group) is 1. The van der Waals surface area contributed by atoms with Crippen LogP contribution in [0.5, 0.6) is 0 Å². The number of nitrogens with one attached hydrogen (secondary N) is 2.